The summed E-state index contributed by atoms with van der Waals surface area (Å²) in [5.41, 5.74) is 2.89. The highest BCUT2D eigenvalue weighted by atomic mass is 35.5. The number of carbonyl (C=O) groups is 1. The quantitative estimate of drug-likeness (QED) is 0.900. The molecule has 0 atom stereocenters. The molecule has 0 saturated carbocycles. The van der Waals surface area contributed by atoms with Crippen LogP contribution in [0.4, 0.5) is 0 Å². The second-order valence-corrected chi connectivity index (χ2v) is 5.74. The van der Waals surface area contributed by atoms with Gasteiger partial charge in [0, 0.05) is 22.9 Å². The van der Waals surface area contributed by atoms with Gasteiger partial charge in [-0.05, 0) is 41.6 Å². The average Bonchev–Trinajstić information content (AvgIpc) is 2.47. The summed E-state index contributed by atoms with van der Waals surface area (Å²) in [6.45, 7) is 0.503. The van der Waals surface area contributed by atoms with E-state index in [4.69, 9.17) is 11.6 Å². The number of carbonyl (C=O) groups excluding carboxylic acids is 1. The number of thioether (sulfide) groups is 1. The molecule has 2 aromatic carbocycles. The summed E-state index contributed by atoms with van der Waals surface area (Å²) in [6.07, 6.45) is 2.05. The van der Waals surface area contributed by atoms with E-state index in [9.17, 15) is 4.79 Å². The molecule has 1 N–H and O–H groups in total. The number of benzene rings is 2. The molecule has 104 valence electrons. The lowest BCUT2D eigenvalue weighted by Gasteiger charge is -2.07. The van der Waals surface area contributed by atoms with Crippen LogP contribution in [-0.2, 0) is 12.3 Å². The molecule has 0 aliphatic rings. The van der Waals surface area contributed by atoms with Gasteiger partial charge in [-0.1, -0.05) is 35.9 Å². The van der Waals surface area contributed by atoms with Crippen LogP contribution >= 0.6 is 23.4 Å². The Kier molecular flexibility index (Phi) is 5.50. The average molecular weight is 306 g/mol. The highest BCUT2D eigenvalue weighted by Crippen LogP contribution is 2.12. The van der Waals surface area contributed by atoms with Gasteiger partial charge in [-0.2, -0.15) is 11.8 Å². The fourth-order valence-electron chi connectivity index (χ4n) is 1.86. The summed E-state index contributed by atoms with van der Waals surface area (Å²) in [5, 5.41) is 3.61. The number of hydrogen-bond donors (Lipinski definition) is 1. The van der Waals surface area contributed by atoms with Crippen molar-refractivity contribution in [1.29, 1.82) is 0 Å². The predicted molar refractivity (Wildman–Crippen MR) is 86.3 cm³/mol. The first-order valence-corrected chi connectivity index (χ1v) is 8.07. The smallest absolute Gasteiger partial charge is 0.251 e. The zero-order valence-electron chi connectivity index (χ0n) is 11.2. The number of rotatable bonds is 5. The molecule has 0 unspecified atom stereocenters. The highest BCUT2D eigenvalue weighted by molar-refractivity contribution is 7.97. The highest BCUT2D eigenvalue weighted by Gasteiger charge is 2.05. The van der Waals surface area contributed by atoms with Gasteiger partial charge in [-0.3, -0.25) is 4.79 Å². The van der Waals surface area contributed by atoms with Gasteiger partial charge in [0.25, 0.3) is 5.91 Å². The Balaban J connectivity index is 1.97. The molecule has 0 spiro atoms. The standard InChI is InChI=1S/C16H16ClNOS/c1-20-11-13-3-2-4-14(9-13)16(19)18-10-12-5-7-15(17)8-6-12/h2-9H,10-11H2,1H3,(H,18,19). The van der Waals surface area contributed by atoms with Crippen molar-refractivity contribution < 1.29 is 4.79 Å². The van der Waals surface area contributed by atoms with Crippen LogP contribution in [0, 0.1) is 0 Å². The van der Waals surface area contributed by atoms with Crippen LogP contribution < -0.4 is 5.32 Å². The Labute approximate surface area is 128 Å². The third kappa shape index (κ3) is 4.29. The summed E-state index contributed by atoms with van der Waals surface area (Å²) in [6, 6.07) is 15.2. The van der Waals surface area contributed by atoms with Gasteiger partial charge in [-0.15, -0.1) is 0 Å². The molecule has 20 heavy (non-hydrogen) atoms. The predicted octanol–water partition coefficient (Wildman–Crippen LogP) is 4.13. The lowest BCUT2D eigenvalue weighted by atomic mass is 10.1. The van der Waals surface area contributed by atoms with Crippen LogP contribution in [0.3, 0.4) is 0 Å². The lowest BCUT2D eigenvalue weighted by Crippen LogP contribution is -2.22. The van der Waals surface area contributed by atoms with Crippen molar-refractivity contribution in [2.24, 2.45) is 0 Å². The molecule has 0 bridgehead atoms. The summed E-state index contributed by atoms with van der Waals surface area (Å²) < 4.78 is 0. The SMILES string of the molecule is CSCc1cccc(C(=O)NCc2ccc(Cl)cc2)c1. The van der Waals surface area contributed by atoms with Crippen LogP contribution in [0.25, 0.3) is 0 Å². The maximum Gasteiger partial charge on any atom is 0.251 e. The van der Waals surface area contributed by atoms with Gasteiger partial charge in [0.2, 0.25) is 0 Å². The van der Waals surface area contributed by atoms with Crippen LogP contribution in [0.15, 0.2) is 48.5 Å². The van der Waals surface area contributed by atoms with Crippen molar-refractivity contribution in [3.8, 4) is 0 Å². The van der Waals surface area contributed by atoms with Gasteiger partial charge < -0.3 is 5.32 Å². The summed E-state index contributed by atoms with van der Waals surface area (Å²) >= 11 is 7.57. The van der Waals surface area contributed by atoms with Crippen molar-refractivity contribution >= 4 is 29.3 Å². The van der Waals surface area contributed by atoms with Crippen LogP contribution in [0.5, 0.6) is 0 Å². The largest absolute Gasteiger partial charge is 0.348 e. The Morgan fingerprint density at radius 3 is 2.60 bits per heavy atom. The fourth-order valence-corrected chi connectivity index (χ4v) is 2.49. The Bertz CT molecular complexity index is 583. The summed E-state index contributed by atoms with van der Waals surface area (Å²) in [4.78, 5) is 12.1. The monoisotopic (exact) mass is 305 g/mol. The third-order valence-corrected chi connectivity index (χ3v) is 3.74. The van der Waals surface area contributed by atoms with Crippen LogP contribution in [0.1, 0.15) is 21.5 Å². The topological polar surface area (TPSA) is 29.1 Å². The van der Waals surface area contributed by atoms with E-state index < -0.39 is 0 Å². The van der Waals surface area contributed by atoms with Crippen molar-refractivity contribution in [2.75, 3.05) is 6.26 Å². The minimum atomic E-state index is -0.0529. The Morgan fingerprint density at radius 1 is 1.15 bits per heavy atom. The first-order chi connectivity index (χ1) is 9.69. The first kappa shape index (κ1) is 14.9. The minimum absolute atomic E-state index is 0.0529. The molecule has 0 aromatic heterocycles. The van der Waals surface area contributed by atoms with E-state index in [1.165, 1.54) is 0 Å². The molecular weight excluding hydrogens is 290 g/mol. The van der Waals surface area contributed by atoms with E-state index in [-0.39, 0.29) is 5.91 Å². The van der Waals surface area contributed by atoms with Gasteiger partial charge in [0.1, 0.15) is 0 Å². The van der Waals surface area contributed by atoms with Gasteiger partial charge in [-0.25, -0.2) is 0 Å². The number of amides is 1. The van der Waals surface area contributed by atoms with E-state index in [1.54, 1.807) is 11.8 Å². The molecule has 2 rings (SSSR count). The second-order valence-electron chi connectivity index (χ2n) is 4.44. The zero-order valence-corrected chi connectivity index (χ0v) is 12.8. The molecular formula is C16H16ClNOS. The van der Waals surface area contributed by atoms with E-state index >= 15 is 0 Å². The summed E-state index contributed by atoms with van der Waals surface area (Å²) in [5.74, 6) is 0.862. The van der Waals surface area contributed by atoms with Crippen molar-refractivity contribution in [3.05, 3.63) is 70.2 Å². The lowest BCUT2D eigenvalue weighted by molar-refractivity contribution is 0.0951. The van der Waals surface area contributed by atoms with Gasteiger partial charge in [0.05, 0.1) is 0 Å². The number of hydrogen-bond acceptors (Lipinski definition) is 2. The Hall–Kier alpha value is -1.45. The molecule has 2 aromatic rings. The summed E-state index contributed by atoms with van der Waals surface area (Å²) in [7, 11) is 0. The molecule has 2 nitrogen and oxygen atoms in total. The molecule has 0 fully saturated rings. The molecule has 0 aliphatic carbocycles. The molecule has 4 heteroatoms. The number of halogens is 1. The van der Waals surface area contributed by atoms with Crippen molar-refractivity contribution in [3.63, 3.8) is 0 Å². The number of nitrogens with one attached hydrogen (secondary N) is 1. The normalized spacial score (nSPS) is 10.3. The molecule has 0 aliphatic heterocycles. The van der Waals surface area contributed by atoms with Crippen molar-refractivity contribution in [2.45, 2.75) is 12.3 Å². The Morgan fingerprint density at radius 2 is 1.90 bits per heavy atom. The maximum absolute atomic E-state index is 12.1. The van der Waals surface area contributed by atoms with E-state index in [2.05, 4.69) is 5.32 Å². The first-order valence-electron chi connectivity index (χ1n) is 6.29. The van der Waals surface area contributed by atoms with Crippen LogP contribution in [-0.4, -0.2) is 12.2 Å². The molecule has 1 amide bonds. The van der Waals surface area contributed by atoms with E-state index in [0.717, 1.165) is 16.9 Å². The van der Waals surface area contributed by atoms with Crippen LogP contribution in [0.2, 0.25) is 5.02 Å². The second kappa shape index (κ2) is 7.36. The molecule has 0 radical (unpaired) electrons. The molecule has 0 saturated heterocycles. The van der Waals surface area contributed by atoms with Crippen molar-refractivity contribution in [1.82, 2.24) is 5.32 Å². The zero-order chi connectivity index (χ0) is 14.4. The fraction of sp³-hybridized carbons (Fsp3) is 0.188. The minimum Gasteiger partial charge on any atom is -0.348 e. The third-order valence-electron chi connectivity index (χ3n) is 2.87. The van der Waals surface area contributed by atoms with Gasteiger partial charge >= 0.3 is 0 Å². The van der Waals surface area contributed by atoms with E-state index in [1.807, 2.05) is 54.8 Å². The van der Waals surface area contributed by atoms with E-state index in [0.29, 0.717) is 17.1 Å². The maximum atomic E-state index is 12.1. The van der Waals surface area contributed by atoms with Gasteiger partial charge in [0.15, 0.2) is 0 Å². The molecule has 0 heterocycles.